The predicted molar refractivity (Wildman–Crippen MR) is 73.0 cm³/mol. The lowest BCUT2D eigenvalue weighted by Gasteiger charge is -1.93. The number of hydrogen-bond donors (Lipinski definition) is 0. The third-order valence-electron chi connectivity index (χ3n) is 4.02. The fourth-order valence-corrected chi connectivity index (χ4v) is 3.09. The van der Waals surface area contributed by atoms with E-state index >= 15 is 0 Å². The van der Waals surface area contributed by atoms with E-state index < -0.39 is 0 Å². The van der Waals surface area contributed by atoms with Gasteiger partial charge in [0.1, 0.15) is 11.3 Å². The normalized spacial score (nSPS) is 13.1. The van der Waals surface area contributed by atoms with Crippen molar-refractivity contribution in [3.63, 3.8) is 0 Å². The van der Waals surface area contributed by atoms with E-state index in [4.69, 9.17) is 4.42 Å². The maximum absolute atomic E-state index is 6.10. The summed E-state index contributed by atoms with van der Waals surface area (Å²) >= 11 is 0. The predicted octanol–water partition coefficient (Wildman–Crippen LogP) is 2.03. The Morgan fingerprint density at radius 2 is 2.05 bits per heavy atom. The summed E-state index contributed by atoms with van der Waals surface area (Å²) in [6, 6.07) is 8.00. The molecule has 5 heterocycles. The minimum atomic E-state index is 0.744. The van der Waals surface area contributed by atoms with Crippen LogP contribution in [-0.4, -0.2) is 14.5 Å². The SMILES string of the molecule is Cn1c2cccnc2c2c1oc1[n+]2Cc2ncccc2-1. The molecule has 0 fully saturated rings. The van der Waals surface area contributed by atoms with Gasteiger partial charge in [0.05, 0.1) is 5.52 Å². The highest BCUT2D eigenvalue weighted by atomic mass is 16.4. The maximum Gasteiger partial charge on any atom is 0.385 e. The van der Waals surface area contributed by atoms with Gasteiger partial charge in [-0.3, -0.25) is 4.98 Å². The molecular formula is C15H11N4O+. The molecule has 0 saturated carbocycles. The van der Waals surface area contributed by atoms with Crippen molar-refractivity contribution in [1.82, 2.24) is 14.5 Å². The Kier molecular flexibility index (Phi) is 1.65. The van der Waals surface area contributed by atoms with Gasteiger partial charge in [0.15, 0.2) is 12.1 Å². The van der Waals surface area contributed by atoms with Crippen molar-refractivity contribution >= 4 is 22.3 Å². The number of aryl methyl sites for hydroxylation is 1. The highest BCUT2D eigenvalue weighted by molar-refractivity contribution is 5.99. The quantitative estimate of drug-likeness (QED) is 0.402. The zero-order chi connectivity index (χ0) is 13.3. The van der Waals surface area contributed by atoms with Crippen LogP contribution >= 0.6 is 0 Å². The van der Waals surface area contributed by atoms with Crippen molar-refractivity contribution in [3.8, 4) is 11.5 Å². The summed E-state index contributed by atoms with van der Waals surface area (Å²) in [4.78, 5) is 8.95. The van der Waals surface area contributed by atoms with Gasteiger partial charge in [-0.05, 0) is 24.3 Å². The minimum Gasteiger partial charge on any atom is -0.380 e. The molecule has 0 atom stereocenters. The van der Waals surface area contributed by atoms with Crippen LogP contribution in [0.25, 0.3) is 33.7 Å². The summed E-state index contributed by atoms with van der Waals surface area (Å²) < 4.78 is 10.3. The molecule has 1 aliphatic heterocycles. The first-order valence-corrected chi connectivity index (χ1v) is 6.54. The van der Waals surface area contributed by atoms with Crippen molar-refractivity contribution in [1.29, 1.82) is 0 Å². The van der Waals surface area contributed by atoms with Crippen LogP contribution in [-0.2, 0) is 13.6 Å². The van der Waals surface area contributed by atoms with Crippen LogP contribution in [0.3, 0.4) is 0 Å². The van der Waals surface area contributed by atoms with Crippen molar-refractivity contribution < 1.29 is 8.98 Å². The first-order chi connectivity index (χ1) is 9.84. The van der Waals surface area contributed by atoms with Crippen LogP contribution < -0.4 is 4.57 Å². The molecule has 5 heteroatoms. The van der Waals surface area contributed by atoms with Gasteiger partial charge < -0.3 is 8.98 Å². The van der Waals surface area contributed by atoms with E-state index in [0.29, 0.717) is 0 Å². The van der Waals surface area contributed by atoms with Crippen molar-refractivity contribution in [2.45, 2.75) is 6.54 Å². The molecule has 0 aromatic carbocycles. The lowest BCUT2D eigenvalue weighted by molar-refractivity contribution is -0.649. The van der Waals surface area contributed by atoms with Crippen LogP contribution in [0.4, 0.5) is 0 Å². The van der Waals surface area contributed by atoms with Crippen LogP contribution in [0.1, 0.15) is 5.69 Å². The fraction of sp³-hybridized carbons (Fsp3) is 0.133. The van der Waals surface area contributed by atoms with E-state index in [0.717, 1.165) is 46.0 Å². The summed E-state index contributed by atoms with van der Waals surface area (Å²) in [5.41, 5.74) is 6.11. The second kappa shape index (κ2) is 3.25. The van der Waals surface area contributed by atoms with Gasteiger partial charge in [0, 0.05) is 19.4 Å². The lowest BCUT2D eigenvalue weighted by atomic mass is 10.2. The van der Waals surface area contributed by atoms with Crippen LogP contribution in [0.5, 0.6) is 0 Å². The lowest BCUT2D eigenvalue weighted by Crippen LogP contribution is -2.30. The molecule has 0 amide bonds. The molecule has 4 aromatic heterocycles. The van der Waals surface area contributed by atoms with Crippen LogP contribution in [0.15, 0.2) is 41.1 Å². The minimum absolute atomic E-state index is 0.744. The highest BCUT2D eigenvalue weighted by Gasteiger charge is 2.37. The largest absolute Gasteiger partial charge is 0.385 e. The molecule has 1 aliphatic rings. The maximum atomic E-state index is 6.10. The molecule has 96 valence electrons. The van der Waals surface area contributed by atoms with Gasteiger partial charge in [-0.15, -0.1) is 4.57 Å². The van der Waals surface area contributed by atoms with Gasteiger partial charge in [0.25, 0.3) is 11.2 Å². The average molecular weight is 263 g/mol. The molecule has 4 aromatic rings. The number of fused-ring (bicyclic) bond motifs is 7. The molecule has 5 rings (SSSR count). The van der Waals surface area contributed by atoms with Gasteiger partial charge in [-0.1, -0.05) is 0 Å². The van der Waals surface area contributed by atoms with Crippen LogP contribution in [0.2, 0.25) is 0 Å². The van der Waals surface area contributed by atoms with Crippen molar-refractivity contribution in [2.75, 3.05) is 0 Å². The summed E-state index contributed by atoms with van der Waals surface area (Å²) in [5.74, 6) is 0.876. The monoisotopic (exact) mass is 263 g/mol. The summed E-state index contributed by atoms with van der Waals surface area (Å²) in [6.07, 6.45) is 3.64. The number of rotatable bonds is 0. The topological polar surface area (TPSA) is 47.7 Å². The Hall–Kier alpha value is -2.69. The van der Waals surface area contributed by atoms with E-state index in [9.17, 15) is 0 Å². The first-order valence-electron chi connectivity index (χ1n) is 6.54. The van der Waals surface area contributed by atoms with Gasteiger partial charge in [-0.25, -0.2) is 4.98 Å². The van der Waals surface area contributed by atoms with E-state index in [2.05, 4.69) is 31.2 Å². The molecule has 0 radical (unpaired) electrons. The van der Waals surface area contributed by atoms with Gasteiger partial charge in [-0.2, -0.15) is 0 Å². The summed E-state index contributed by atoms with van der Waals surface area (Å²) in [6.45, 7) is 0.744. The highest BCUT2D eigenvalue weighted by Crippen LogP contribution is 2.33. The first kappa shape index (κ1) is 10.1. The van der Waals surface area contributed by atoms with E-state index in [1.54, 1.807) is 0 Å². The van der Waals surface area contributed by atoms with Crippen molar-refractivity contribution in [3.05, 3.63) is 42.4 Å². The number of pyridine rings is 2. The smallest absolute Gasteiger partial charge is 0.380 e. The molecule has 0 unspecified atom stereocenters. The zero-order valence-corrected chi connectivity index (χ0v) is 10.9. The molecule has 5 nitrogen and oxygen atoms in total. The molecule has 0 spiro atoms. The third-order valence-corrected chi connectivity index (χ3v) is 4.02. The summed E-state index contributed by atoms with van der Waals surface area (Å²) in [5, 5.41) is 0. The fourth-order valence-electron chi connectivity index (χ4n) is 3.09. The second-order valence-corrected chi connectivity index (χ2v) is 5.07. The Morgan fingerprint density at radius 1 is 1.20 bits per heavy atom. The number of oxazole rings is 1. The zero-order valence-electron chi connectivity index (χ0n) is 10.9. The Balaban J connectivity index is 1.97. The van der Waals surface area contributed by atoms with E-state index in [1.165, 1.54) is 0 Å². The van der Waals surface area contributed by atoms with Gasteiger partial charge >= 0.3 is 5.89 Å². The van der Waals surface area contributed by atoms with Gasteiger partial charge in [0.2, 0.25) is 0 Å². The van der Waals surface area contributed by atoms with Crippen molar-refractivity contribution in [2.24, 2.45) is 7.05 Å². The Labute approximate surface area is 114 Å². The number of aromatic nitrogens is 4. The molecule has 0 saturated heterocycles. The van der Waals surface area contributed by atoms with E-state index in [1.807, 2.05) is 31.6 Å². The van der Waals surface area contributed by atoms with Crippen LogP contribution in [0, 0.1) is 0 Å². The molecule has 0 bridgehead atoms. The standard InChI is InChI=1S/C15H11N4O/c1-18-11-5-3-7-17-12(11)13-15(18)20-14-9-4-2-6-16-10(9)8-19(13)14/h2-7H,8H2,1H3/q+1. The molecule has 0 N–H and O–H groups in total. The Bertz CT molecular complexity index is 996. The molecule has 0 aliphatic carbocycles. The number of hydrogen-bond acceptors (Lipinski definition) is 3. The summed E-state index contributed by atoms with van der Waals surface area (Å²) in [7, 11) is 2.01. The second-order valence-electron chi connectivity index (χ2n) is 5.07. The average Bonchev–Trinajstić information content (AvgIpc) is 3.09. The molecular weight excluding hydrogens is 252 g/mol. The number of nitrogens with zero attached hydrogens (tertiary/aromatic N) is 4. The Morgan fingerprint density at radius 3 is 3.00 bits per heavy atom. The molecule has 20 heavy (non-hydrogen) atoms. The van der Waals surface area contributed by atoms with E-state index in [-0.39, 0.29) is 0 Å². The third kappa shape index (κ3) is 1.02.